The Morgan fingerprint density at radius 1 is 1.20 bits per heavy atom. The lowest BCUT2D eigenvalue weighted by molar-refractivity contribution is -0.111. The average Bonchev–Trinajstić information content (AvgIpc) is 3.24. The van der Waals surface area contributed by atoms with Gasteiger partial charge in [0.15, 0.2) is 5.13 Å². The minimum absolute atomic E-state index is 0.255. The van der Waals surface area contributed by atoms with Crippen LogP contribution in [0.4, 0.5) is 10.8 Å². The van der Waals surface area contributed by atoms with Gasteiger partial charge in [-0.05, 0) is 42.5 Å². The molecular weight excluding hydrogens is 336 g/mol. The first-order valence-corrected chi connectivity index (χ1v) is 8.37. The van der Waals surface area contributed by atoms with E-state index in [1.807, 2.05) is 35.3 Å². The number of hydrogen-bond donors (Lipinski definition) is 2. The van der Waals surface area contributed by atoms with Crippen LogP contribution in [0.5, 0.6) is 0 Å². The highest BCUT2D eigenvalue weighted by atomic mass is 32.1. The van der Waals surface area contributed by atoms with Gasteiger partial charge in [0, 0.05) is 29.9 Å². The van der Waals surface area contributed by atoms with E-state index in [1.165, 1.54) is 17.4 Å². The largest absolute Gasteiger partial charge is 0.349 e. The summed E-state index contributed by atoms with van der Waals surface area (Å²) in [4.78, 5) is 28.0. The van der Waals surface area contributed by atoms with Crippen LogP contribution in [0.2, 0.25) is 0 Å². The lowest BCUT2D eigenvalue weighted by atomic mass is 10.2. The van der Waals surface area contributed by atoms with Gasteiger partial charge in [-0.3, -0.25) is 14.9 Å². The van der Waals surface area contributed by atoms with Crippen LogP contribution >= 0.6 is 11.3 Å². The number of anilines is 2. The first-order valence-electron chi connectivity index (χ1n) is 7.49. The number of nitrogens with one attached hydrogen (secondary N) is 2. The Kier molecular flexibility index (Phi) is 4.76. The van der Waals surface area contributed by atoms with E-state index >= 15 is 0 Å². The van der Waals surface area contributed by atoms with Gasteiger partial charge in [0.1, 0.15) is 0 Å². The standard InChI is InChI=1S/C18H16N4O2S/c1-3-16(23)19-13-8-6-12(7-9-13)17(24)21-18-20-14(11-25-18)15-5-4-10-22(15)2/h3-11H,1H2,2H3,(H,19,23)(H,20,21,24). The summed E-state index contributed by atoms with van der Waals surface area (Å²) in [5.74, 6) is -0.553. The Morgan fingerprint density at radius 2 is 1.96 bits per heavy atom. The Hall–Kier alpha value is -3.19. The molecule has 0 aliphatic rings. The van der Waals surface area contributed by atoms with E-state index in [2.05, 4.69) is 22.2 Å². The van der Waals surface area contributed by atoms with E-state index in [1.54, 1.807) is 24.3 Å². The van der Waals surface area contributed by atoms with E-state index in [0.29, 0.717) is 16.4 Å². The van der Waals surface area contributed by atoms with Crippen molar-refractivity contribution in [1.82, 2.24) is 9.55 Å². The maximum absolute atomic E-state index is 12.3. The zero-order valence-corrected chi connectivity index (χ0v) is 14.3. The van der Waals surface area contributed by atoms with E-state index < -0.39 is 0 Å². The fourth-order valence-corrected chi connectivity index (χ4v) is 2.94. The molecule has 6 nitrogen and oxygen atoms in total. The smallest absolute Gasteiger partial charge is 0.257 e. The number of hydrogen-bond acceptors (Lipinski definition) is 4. The van der Waals surface area contributed by atoms with Crippen molar-refractivity contribution in [2.45, 2.75) is 0 Å². The highest BCUT2D eigenvalue weighted by Gasteiger charge is 2.11. The van der Waals surface area contributed by atoms with Gasteiger partial charge in [0.25, 0.3) is 5.91 Å². The first kappa shape index (κ1) is 16.7. The molecular formula is C18H16N4O2S. The number of nitrogens with zero attached hydrogens (tertiary/aromatic N) is 2. The van der Waals surface area contributed by atoms with Crippen molar-refractivity contribution in [3.05, 3.63) is 66.2 Å². The van der Waals surface area contributed by atoms with E-state index in [0.717, 1.165) is 11.4 Å². The molecule has 2 aromatic heterocycles. The molecule has 2 heterocycles. The Bertz CT molecular complexity index is 925. The number of rotatable bonds is 5. The molecule has 1 aromatic carbocycles. The van der Waals surface area contributed by atoms with Crippen molar-refractivity contribution in [3.8, 4) is 11.4 Å². The van der Waals surface area contributed by atoms with Crippen LogP contribution in [-0.2, 0) is 11.8 Å². The van der Waals surface area contributed by atoms with Gasteiger partial charge in [-0.2, -0.15) is 0 Å². The third-order valence-electron chi connectivity index (χ3n) is 3.53. The first-order chi connectivity index (χ1) is 12.1. The predicted molar refractivity (Wildman–Crippen MR) is 99.7 cm³/mol. The van der Waals surface area contributed by atoms with Crippen molar-refractivity contribution in [2.24, 2.45) is 7.05 Å². The second kappa shape index (κ2) is 7.14. The molecule has 2 N–H and O–H groups in total. The molecule has 0 saturated heterocycles. The summed E-state index contributed by atoms with van der Waals surface area (Å²) in [6, 6.07) is 10.5. The van der Waals surface area contributed by atoms with Crippen molar-refractivity contribution >= 4 is 34.0 Å². The molecule has 0 atom stereocenters. The van der Waals surface area contributed by atoms with Crippen LogP contribution in [0.3, 0.4) is 0 Å². The zero-order chi connectivity index (χ0) is 17.8. The van der Waals surface area contributed by atoms with Crippen molar-refractivity contribution in [1.29, 1.82) is 0 Å². The van der Waals surface area contributed by atoms with Crippen LogP contribution in [0.1, 0.15) is 10.4 Å². The van der Waals surface area contributed by atoms with Crippen LogP contribution in [-0.4, -0.2) is 21.4 Å². The van der Waals surface area contributed by atoms with Gasteiger partial charge in [-0.15, -0.1) is 11.3 Å². The van der Waals surface area contributed by atoms with Gasteiger partial charge >= 0.3 is 0 Å². The molecule has 0 aliphatic heterocycles. The maximum atomic E-state index is 12.3. The second-order valence-corrected chi connectivity index (χ2v) is 6.13. The molecule has 0 radical (unpaired) electrons. The topological polar surface area (TPSA) is 76.0 Å². The summed E-state index contributed by atoms with van der Waals surface area (Å²) in [7, 11) is 1.94. The van der Waals surface area contributed by atoms with E-state index in [9.17, 15) is 9.59 Å². The highest BCUT2D eigenvalue weighted by molar-refractivity contribution is 7.14. The normalized spacial score (nSPS) is 10.3. The average molecular weight is 352 g/mol. The number of aromatic nitrogens is 2. The summed E-state index contributed by atoms with van der Waals surface area (Å²) in [5.41, 5.74) is 2.88. The van der Waals surface area contributed by atoms with Gasteiger partial charge in [-0.1, -0.05) is 6.58 Å². The number of aryl methyl sites for hydroxylation is 1. The fraction of sp³-hybridized carbons (Fsp3) is 0.0556. The van der Waals surface area contributed by atoms with Crippen LogP contribution in [0.25, 0.3) is 11.4 Å². The Morgan fingerprint density at radius 3 is 2.60 bits per heavy atom. The summed E-state index contributed by atoms with van der Waals surface area (Å²) < 4.78 is 1.97. The molecule has 126 valence electrons. The summed E-state index contributed by atoms with van der Waals surface area (Å²) in [5, 5.41) is 7.85. The van der Waals surface area contributed by atoms with E-state index in [-0.39, 0.29) is 11.8 Å². The summed E-state index contributed by atoms with van der Waals surface area (Å²) >= 11 is 1.37. The number of benzene rings is 1. The predicted octanol–water partition coefficient (Wildman–Crippen LogP) is 3.53. The molecule has 0 saturated carbocycles. The van der Waals surface area contributed by atoms with Crippen molar-refractivity contribution < 1.29 is 9.59 Å². The molecule has 0 spiro atoms. The second-order valence-electron chi connectivity index (χ2n) is 5.27. The highest BCUT2D eigenvalue weighted by Crippen LogP contribution is 2.25. The Labute approximate surface area is 148 Å². The van der Waals surface area contributed by atoms with Crippen LogP contribution in [0.15, 0.2) is 60.6 Å². The van der Waals surface area contributed by atoms with Crippen LogP contribution in [0, 0.1) is 0 Å². The number of carbonyl (C=O) groups excluding carboxylic acids is 2. The molecule has 0 fully saturated rings. The third-order valence-corrected chi connectivity index (χ3v) is 4.29. The Balaban J connectivity index is 1.68. The van der Waals surface area contributed by atoms with E-state index in [4.69, 9.17) is 0 Å². The monoisotopic (exact) mass is 352 g/mol. The van der Waals surface area contributed by atoms with Gasteiger partial charge in [-0.25, -0.2) is 4.98 Å². The summed E-state index contributed by atoms with van der Waals surface area (Å²) in [6.45, 7) is 3.39. The zero-order valence-electron chi connectivity index (χ0n) is 13.5. The lowest BCUT2D eigenvalue weighted by Crippen LogP contribution is -2.12. The lowest BCUT2D eigenvalue weighted by Gasteiger charge is -2.05. The molecule has 2 amide bonds. The number of carbonyl (C=O) groups is 2. The maximum Gasteiger partial charge on any atom is 0.257 e. The quantitative estimate of drug-likeness (QED) is 0.690. The minimum Gasteiger partial charge on any atom is -0.349 e. The van der Waals surface area contributed by atoms with Crippen molar-refractivity contribution in [3.63, 3.8) is 0 Å². The van der Waals surface area contributed by atoms with Gasteiger partial charge in [0.05, 0.1) is 11.4 Å². The molecule has 3 rings (SSSR count). The number of thiazole rings is 1. The molecule has 25 heavy (non-hydrogen) atoms. The van der Waals surface area contributed by atoms with Crippen LogP contribution < -0.4 is 10.6 Å². The molecule has 3 aromatic rings. The number of amides is 2. The van der Waals surface area contributed by atoms with Gasteiger partial charge in [0.2, 0.25) is 5.91 Å². The van der Waals surface area contributed by atoms with Crippen molar-refractivity contribution in [2.75, 3.05) is 10.6 Å². The van der Waals surface area contributed by atoms with Gasteiger partial charge < -0.3 is 9.88 Å². The molecule has 0 aliphatic carbocycles. The minimum atomic E-state index is -0.298. The summed E-state index contributed by atoms with van der Waals surface area (Å²) in [6.07, 6.45) is 3.13. The fourth-order valence-electron chi connectivity index (χ4n) is 2.24. The SMILES string of the molecule is C=CC(=O)Nc1ccc(C(=O)Nc2nc(-c3cccn3C)cs2)cc1. The molecule has 7 heteroatoms. The molecule has 0 unspecified atom stereocenters. The third kappa shape index (κ3) is 3.84. The molecule has 0 bridgehead atoms.